The summed E-state index contributed by atoms with van der Waals surface area (Å²) >= 11 is 0. The number of aromatic nitrogens is 2. The number of hydrogen-bond acceptors (Lipinski definition) is 8. The van der Waals surface area contributed by atoms with Gasteiger partial charge in [0.2, 0.25) is 0 Å². The van der Waals surface area contributed by atoms with Gasteiger partial charge in [-0.2, -0.15) is 5.10 Å². The third-order valence-electron chi connectivity index (χ3n) is 5.36. The molecule has 4 N–H and O–H groups in total. The van der Waals surface area contributed by atoms with Crippen LogP contribution in [-0.2, 0) is 4.79 Å². The zero-order chi connectivity index (χ0) is 31.1. The molecule has 12 heteroatoms. The van der Waals surface area contributed by atoms with E-state index in [1.807, 2.05) is 13.8 Å². The summed E-state index contributed by atoms with van der Waals surface area (Å²) in [6.45, 7) is 11.6. The zero-order valence-electron chi connectivity index (χ0n) is 23.3. The van der Waals surface area contributed by atoms with Crippen LogP contribution >= 0.6 is 0 Å². The van der Waals surface area contributed by atoms with Gasteiger partial charge in [-0.1, -0.05) is 33.1 Å². The molecule has 0 unspecified atom stereocenters. The minimum absolute atomic E-state index is 0.0273. The number of carbonyl (C=O) groups excluding carboxylic acids is 2. The normalized spacial score (nSPS) is 9.86. The minimum Gasteiger partial charge on any atom is -0.494 e. The topological polar surface area (TPSA) is 177 Å². The van der Waals surface area contributed by atoms with Gasteiger partial charge in [-0.3, -0.25) is 9.59 Å². The van der Waals surface area contributed by atoms with E-state index in [9.17, 15) is 29.4 Å². The maximum Gasteiger partial charge on any atom is 0.337 e. The van der Waals surface area contributed by atoms with Crippen molar-refractivity contribution in [2.75, 3.05) is 23.8 Å². The highest BCUT2D eigenvalue weighted by molar-refractivity contribution is 6.08. The van der Waals surface area contributed by atoms with E-state index in [2.05, 4.69) is 34.0 Å². The Balaban J connectivity index is 0.00000301. The fraction of sp³-hybridized carbons (Fsp3) is 0.200. The first-order valence-electron chi connectivity index (χ1n) is 12.9. The van der Waals surface area contributed by atoms with Gasteiger partial charge in [-0.05, 0) is 49.2 Å². The SMILES string of the molecule is C=CC(=C)C(=O)Nc1cc(OCCCCOc2ccc(C(=O)O)c(NC(=O)c3cccnn3)c2)ccc1C(=O)O.CC. The van der Waals surface area contributed by atoms with Gasteiger partial charge in [0, 0.05) is 23.9 Å². The number of amides is 2. The molecule has 0 saturated heterocycles. The Labute approximate surface area is 242 Å². The van der Waals surface area contributed by atoms with Gasteiger partial charge in [0.05, 0.1) is 35.7 Å². The van der Waals surface area contributed by atoms with Crippen LogP contribution in [0.1, 0.15) is 57.9 Å². The van der Waals surface area contributed by atoms with Gasteiger partial charge in [0.25, 0.3) is 11.8 Å². The highest BCUT2D eigenvalue weighted by Crippen LogP contribution is 2.25. The minimum atomic E-state index is -1.22. The van der Waals surface area contributed by atoms with Gasteiger partial charge in [-0.25, -0.2) is 9.59 Å². The van der Waals surface area contributed by atoms with Crippen molar-refractivity contribution in [2.24, 2.45) is 0 Å². The predicted octanol–water partition coefficient (Wildman–Crippen LogP) is 5.07. The first-order chi connectivity index (χ1) is 20.2. The lowest BCUT2D eigenvalue weighted by Gasteiger charge is -2.13. The van der Waals surface area contributed by atoms with Crippen LogP contribution < -0.4 is 20.1 Å². The molecule has 220 valence electrons. The Kier molecular flexibility index (Phi) is 12.9. The number of benzene rings is 2. The van der Waals surface area contributed by atoms with Crippen molar-refractivity contribution >= 4 is 35.1 Å². The fourth-order valence-electron chi connectivity index (χ4n) is 3.29. The average Bonchev–Trinajstić information content (AvgIpc) is 2.99. The Morgan fingerprint density at radius 2 is 1.38 bits per heavy atom. The molecule has 3 rings (SSSR count). The standard InChI is InChI=1S/C28H26N4O8.C2H6/c1-3-17(2)25(33)30-23-15-18(8-10-20(23)27(35)36)39-13-4-5-14-40-19-9-11-21(28(37)38)24(16-19)31-26(34)22-7-6-12-29-32-22;1-2/h3,6-12,15-16H,1-2,4-5,13-14H2,(H,30,33)(H,31,34)(H,35,36)(H,37,38);1-2H3. The smallest absolute Gasteiger partial charge is 0.337 e. The highest BCUT2D eigenvalue weighted by atomic mass is 16.5. The maximum absolute atomic E-state index is 12.4. The Morgan fingerprint density at radius 3 is 1.83 bits per heavy atom. The van der Waals surface area contributed by atoms with Crippen LogP contribution in [0.3, 0.4) is 0 Å². The van der Waals surface area contributed by atoms with Crippen LogP contribution in [-0.4, -0.2) is 57.4 Å². The number of ether oxygens (including phenoxy) is 2. The third kappa shape index (κ3) is 9.59. The number of anilines is 2. The summed E-state index contributed by atoms with van der Waals surface area (Å²) in [6, 6.07) is 11.4. The number of unbranched alkanes of at least 4 members (excludes halogenated alkanes) is 1. The summed E-state index contributed by atoms with van der Waals surface area (Å²) in [4.78, 5) is 47.6. The molecule has 2 aromatic carbocycles. The van der Waals surface area contributed by atoms with E-state index < -0.39 is 23.8 Å². The first-order valence-corrected chi connectivity index (χ1v) is 12.9. The monoisotopic (exact) mass is 576 g/mol. The van der Waals surface area contributed by atoms with E-state index in [4.69, 9.17) is 9.47 Å². The molecule has 1 aromatic heterocycles. The van der Waals surface area contributed by atoms with Crippen LogP contribution in [0.25, 0.3) is 0 Å². The van der Waals surface area contributed by atoms with E-state index in [0.29, 0.717) is 24.3 Å². The van der Waals surface area contributed by atoms with Crippen LogP contribution in [0.15, 0.2) is 79.5 Å². The molecule has 3 aromatic rings. The van der Waals surface area contributed by atoms with Crippen molar-refractivity contribution in [2.45, 2.75) is 26.7 Å². The average molecular weight is 577 g/mol. The zero-order valence-corrected chi connectivity index (χ0v) is 23.3. The lowest BCUT2D eigenvalue weighted by molar-refractivity contribution is -0.112. The van der Waals surface area contributed by atoms with Crippen molar-refractivity contribution in [1.29, 1.82) is 0 Å². The number of nitrogens with zero attached hydrogens (tertiary/aromatic N) is 2. The summed E-state index contributed by atoms with van der Waals surface area (Å²) in [5.41, 5.74) is 0.00449. The Morgan fingerprint density at radius 1 is 0.857 bits per heavy atom. The Hall–Kier alpha value is -5.52. The second-order valence-corrected chi connectivity index (χ2v) is 8.18. The van der Waals surface area contributed by atoms with Crippen LogP contribution in [0.4, 0.5) is 11.4 Å². The Bertz CT molecular complexity index is 1440. The lowest BCUT2D eigenvalue weighted by Crippen LogP contribution is -2.16. The van der Waals surface area contributed by atoms with Gasteiger partial charge < -0.3 is 30.3 Å². The lowest BCUT2D eigenvalue weighted by atomic mass is 10.1. The molecule has 0 saturated carbocycles. The van der Waals surface area contributed by atoms with Crippen LogP contribution in [0.2, 0.25) is 0 Å². The molecule has 0 aliphatic heterocycles. The van der Waals surface area contributed by atoms with E-state index >= 15 is 0 Å². The molecule has 42 heavy (non-hydrogen) atoms. The molecule has 0 atom stereocenters. The largest absolute Gasteiger partial charge is 0.494 e. The van der Waals surface area contributed by atoms with Gasteiger partial charge in [-0.15, -0.1) is 5.10 Å². The van der Waals surface area contributed by atoms with E-state index in [-0.39, 0.29) is 47.0 Å². The molecule has 2 amide bonds. The fourth-order valence-corrected chi connectivity index (χ4v) is 3.29. The second-order valence-electron chi connectivity index (χ2n) is 8.18. The molecule has 12 nitrogen and oxygen atoms in total. The summed E-state index contributed by atoms with van der Waals surface area (Å²) in [5.74, 6) is -2.92. The maximum atomic E-state index is 12.4. The molecule has 0 fully saturated rings. The van der Waals surface area contributed by atoms with Crippen LogP contribution in [0, 0.1) is 0 Å². The van der Waals surface area contributed by atoms with Crippen LogP contribution in [0.5, 0.6) is 11.5 Å². The van der Waals surface area contributed by atoms with Crippen molar-refractivity contribution < 1.29 is 38.9 Å². The van der Waals surface area contributed by atoms with E-state index in [0.717, 1.165) is 0 Å². The van der Waals surface area contributed by atoms with Gasteiger partial charge in [0.1, 0.15) is 11.5 Å². The third-order valence-corrected chi connectivity index (χ3v) is 5.36. The van der Waals surface area contributed by atoms with Crippen molar-refractivity contribution in [1.82, 2.24) is 10.2 Å². The number of nitrogens with one attached hydrogen (secondary N) is 2. The van der Waals surface area contributed by atoms with E-state index in [1.165, 1.54) is 60.8 Å². The molecule has 1 heterocycles. The van der Waals surface area contributed by atoms with Gasteiger partial charge >= 0.3 is 11.9 Å². The van der Waals surface area contributed by atoms with Gasteiger partial charge in [0.15, 0.2) is 5.69 Å². The number of aromatic carboxylic acids is 2. The molecule has 0 aliphatic rings. The molecule has 0 spiro atoms. The second kappa shape index (κ2) is 16.6. The molecule has 0 radical (unpaired) electrons. The molecule has 0 bridgehead atoms. The number of rotatable bonds is 14. The summed E-state index contributed by atoms with van der Waals surface area (Å²) in [6.07, 6.45) is 3.81. The van der Waals surface area contributed by atoms with Crippen molar-refractivity contribution in [3.63, 3.8) is 0 Å². The quantitative estimate of drug-likeness (QED) is 0.115. The highest BCUT2D eigenvalue weighted by Gasteiger charge is 2.17. The predicted molar refractivity (Wildman–Crippen MR) is 156 cm³/mol. The van der Waals surface area contributed by atoms with E-state index in [1.54, 1.807) is 0 Å². The molecular weight excluding hydrogens is 544 g/mol. The molecular formula is C30H32N4O8. The van der Waals surface area contributed by atoms with Crippen molar-refractivity contribution in [3.8, 4) is 11.5 Å². The van der Waals surface area contributed by atoms with Crippen molar-refractivity contribution in [3.05, 3.63) is 96.4 Å². The number of carbonyl (C=O) groups is 4. The number of carboxylic acids is 2. The number of carboxylic acid groups (broad SMARTS) is 2. The summed E-state index contributed by atoms with van der Waals surface area (Å²) in [5, 5.41) is 31.2. The first kappa shape index (κ1) is 32.7. The molecule has 0 aliphatic carbocycles. The summed E-state index contributed by atoms with van der Waals surface area (Å²) in [7, 11) is 0. The number of hydrogen-bond donors (Lipinski definition) is 4. The summed E-state index contributed by atoms with van der Waals surface area (Å²) < 4.78 is 11.4.